The van der Waals surface area contributed by atoms with Gasteiger partial charge in [0, 0.05) is 12.5 Å². The lowest BCUT2D eigenvalue weighted by Crippen LogP contribution is -2.23. The monoisotopic (exact) mass is 271 g/mol. The Bertz CT molecular complexity index is 326. The Labute approximate surface area is 114 Å². The van der Waals surface area contributed by atoms with E-state index in [0.29, 0.717) is 12.0 Å². The first kappa shape index (κ1) is 15.5. The van der Waals surface area contributed by atoms with Crippen molar-refractivity contribution in [2.24, 2.45) is 5.92 Å². The second-order valence-electron chi connectivity index (χ2n) is 5.23. The van der Waals surface area contributed by atoms with Crippen LogP contribution in [0, 0.1) is 5.92 Å². The van der Waals surface area contributed by atoms with Crippen LogP contribution in [0.5, 0.6) is 0 Å². The van der Waals surface area contributed by atoms with Gasteiger partial charge in [-0.3, -0.25) is 0 Å². The molecule has 0 saturated heterocycles. The van der Waals surface area contributed by atoms with Gasteiger partial charge in [0.05, 0.1) is 5.75 Å². The van der Waals surface area contributed by atoms with Crippen molar-refractivity contribution in [2.75, 3.05) is 12.3 Å². The maximum atomic E-state index is 5.23. The molecule has 4 nitrogen and oxygen atoms in total. The maximum Gasteiger partial charge on any atom is 0.226 e. The number of aryl methyl sites for hydroxylation is 1. The normalized spacial score (nSPS) is 11.7. The van der Waals surface area contributed by atoms with E-state index >= 15 is 0 Å². The smallest absolute Gasteiger partial charge is 0.226 e. The van der Waals surface area contributed by atoms with Crippen molar-refractivity contribution in [1.29, 1.82) is 0 Å². The average molecular weight is 271 g/mol. The molecule has 0 aromatic carbocycles. The molecule has 0 saturated carbocycles. The molecule has 0 radical (unpaired) electrons. The molecule has 5 heteroatoms. The van der Waals surface area contributed by atoms with E-state index in [4.69, 9.17) is 4.52 Å². The molecular formula is C13H25N3OS. The molecule has 1 heterocycles. The van der Waals surface area contributed by atoms with Gasteiger partial charge in [0.1, 0.15) is 0 Å². The number of rotatable bonds is 9. The summed E-state index contributed by atoms with van der Waals surface area (Å²) in [4.78, 5) is 4.40. The standard InChI is InChI=1S/C13H25N3OS/c1-10(2)8-18-9-12-15-13(17-16-12)6-5-7-14-11(3)4/h10-11,14H,5-9H2,1-4H3. The van der Waals surface area contributed by atoms with Gasteiger partial charge in [-0.25, -0.2) is 0 Å². The zero-order valence-corrected chi connectivity index (χ0v) is 12.7. The highest BCUT2D eigenvalue weighted by atomic mass is 32.2. The van der Waals surface area contributed by atoms with Crippen molar-refractivity contribution in [1.82, 2.24) is 15.5 Å². The van der Waals surface area contributed by atoms with E-state index in [9.17, 15) is 0 Å². The van der Waals surface area contributed by atoms with Crippen molar-refractivity contribution >= 4 is 11.8 Å². The minimum atomic E-state index is 0.538. The number of aromatic nitrogens is 2. The van der Waals surface area contributed by atoms with Gasteiger partial charge in [-0.1, -0.05) is 32.9 Å². The van der Waals surface area contributed by atoms with Crippen LogP contribution < -0.4 is 5.32 Å². The Morgan fingerprint density at radius 1 is 1.28 bits per heavy atom. The van der Waals surface area contributed by atoms with Crippen LogP contribution in [0.2, 0.25) is 0 Å². The van der Waals surface area contributed by atoms with Crippen LogP contribution in [-0.4, -0.2) is 28.5 Å². The first-order valence-electron chi connectivity index (χ1n) is 6.70. The number of thioether (sulfide) groups is 1. The summed E-state index contributed by atoms with van der Waals surface area (Å²) in [7, 11) is 0. The molecule has 104 valence electrons. The fourth-order valence-corrected chi connectivity index (χ4v) is 2.36. The van der Waals surface area contributed by atoms with E-state index in [1.165, 1.54) is 0 Å². The highest BCUT2D eigenvalue weighted by Gasteiger charge is 2.06. The largest absolute Gasteiger partial charge is 0.339 e. The second-order valence-corrected chi connectivity index (χ2v) is 6.26. The molecule has 0 aliphatic rings. The van der Waals surface area contributed by atoms with Crippen LogP contribution in [0.15, 0.2) is 4.52 Å². The molecule has 0 atom stereocenters. The van der Waals surface area contributed by atoms with Crippen molar-refractivity contribution in [3.63, 3.8) is 0 Å². The van der Waals surface area contributed by atoms with Gasteiger partial charge >= 0.3 is 0 Å². The summed E-state index contributed by atoms with van der Waals surface area (Å²) in [6.45, 7) is 9.73. The molecule has 0 amide bonds. The summed E-state index contributed by atoms with van der Waals surface area (Å²) in [5.74, 6) is 4.30. The van der Waals surface area contributed by atoms with Crippen LogP contribution in [0.25, 0.3) is 0 Å². The van der Waals surface area contributed by atoms with E-state index in [1.807, 2.05) is 11.8 Å². The van der Waals surface area contributed by atoms with Gasteiger partial charge in [0.2, 0.25) is 5.89 Å². The molecule has 1 N–H and O–H groups in total. The third-order valence-corrected chi connectivity index (χ3v) is 3.68. The molecule has 1 aromatic heterocycles. The Hall–Kier alpha value is -0.550. The quantitative estimate of drug-likeness (QED) is 0.700. The molecule has 0 spiro atoms. The maximum absolute atomic E-state index is 5.23. The van der Waals surface area contributed by atoms with E-state index in [-0.39, 0.29) is 0 Å². The van der Waals surface area contributed by atoms with Crippen LogP contribution >= 0.6 is 11.8 Å². The summed E-state index contributed by atoms with van der Waals surface area (Å²) in [6, 6.07) is 0.538. The van der Waals surface area contributed by atoms with Crippen molar-refractivity contribution in [3.8, 4) is 0 Å². The molecule has 1 aromatic rings. The number of hydrogen-bond acceptors (Lipinski definition) is 5. The summed E-state index contributed by atoms with van der Waals surface area (Å²) < 4.78 is 5.23. The van der Waals surface area contributed by atoms with Crippen LogP contribution in [0.3, 0.4) is 0 Å². The highest BCUT2D eigenvalue weighted by molar-refractivity contribution is 7.98. The second kappa shape index (κ2) is 8.53. The lowest BCUT2D eigenvalue weighted by atomic mass is 10.3. The predicted octanol–water partition coefficient (Wildman–Crippen LogP) is 2.89. The summed E-state index contributed by atoms with van der Waals surface area (Å²) >= 11 is 1.86. The third-order valence-electron chi connectivity index (χ3n) is 2.31. The van der Waals surface area contributed by atoms with Crippen molar-refractivity contribution in [2.45, 2.75) is 52.3 Å². The molecule has 1 rings (SSSR count). The zero-order valence-electron chi connectivity index (χ0n) is 11.9. The average Bonchev–Trinajstić information content (AvgIpc) is 2.72. The van der Waals surface area contributed by atoms with Gasteiger partial charge in [-0.15, -0.1) is 0 Å². The highest BCUT2D eigenvalue weighted by Crippen LogP contribution is 2.13. The summed E-state index contributed by atoms with van der Waals surface area (Å²) in [5.41, 5.74) is 0. The van der Waals surface area contributed by atoms with Crippen LogP contribution in [0.4, 0.5) is 0 Å². The van der Waals surface area contributed by atoms with Crippen LogP contribution in [0.1, 0.15) is 45.8 Å². The predicted molar refractivity (Wildman–Crippen MR) is 76.8 cm³/mol. The number of hydrogen-bond donors (Lipinski definition) is 1. The minimum absolute atomic E-state index is 0.538. The molecular weight excluding hydrogens is 246 g/mol. The number of nitrogens with zero attached hydrogens (tertiary/aromatic N) is 2. The minimum Gasteiger partial charge on any atom is -0.339 e. The van der Waals surface area contributed by atoms with Gasteiger partial charge in [-0.2, -0.15) is 16.7 Å². The van der Waals surface area contributed by atoms with Crippen LogP contribution in [-0.2, 0) is 12.2 Å². The zero-order chi connectivity index (χ0) is 13.4. The Kier molecular flexibility index (Phi) is 7.35. The van der Waals surface area contributed by atoms with Crippen molar-refractivity contribution in [3.05, 3.63) is 11.7 Å². The lowest BCUT2D eigenvalue weighted by Gasteiger charge is -2.05. The fourth-order valence-electron chi connectivity index (χ4n) is 1.47. The molecule has 0 unspecified atom stereocenters. The first-order valence-corrected chi connectivity index (χ1v) is 7.86. The van der Waals surface area contributed by atoms with E-state index < -0.39 is 0 Å². The van der Waals surface area contributed by atoms with Gasteiger partial charge in [0.15, 0.2) is 5.82 Å². The molecule has 0 aliphatic heterocycles. The summed E-state index contributed by atoms with van der Waals surface area (Å²) in [6.07, 6.45) is 1.90. The molecule has 0 bridgehead atoms. The van der Waals surface area contributed by atoms with E-state index in [2.05, 4.69) is 43.2 Å². The molecule has 0 aliphatic carbocycles. The topological polar surface area (TPSA) is 51.0 Å². The Balaban J connectivity index is 2.17. The van der Waals surface area contributed by atoms with Crippen molar-refractivity contribution < 1.29 is 4.52 Å². The summed E-state index contributed by atoms with van der Waals surface area (Å²) in [5, 5.41) is 7.37. The Morgan fingerprint density at radius 3 is 2.72 bits per heavy atom. The van der Waals surface area contributed by atoms with E-state index in [0.717, 1.165) is 42.6 Å². The SMILES string of the molecule is CC(C)CSCc1noc(CCCNC(C)C)n1. The molecule has 0 fully saturated rings. The Morgan fingerprint density at radius 2 is 2.06 bits per heavy atom. The van der Waals surface area contributed by atoms with Gasteiger partial charge in [-0.05, 0) is 24.6 Å². The third kappa shape index (κ3) is 7.01. The van der Waals surface area contributed by atoms with Gasteiger partial charge < -0.3 is 9.84 Å². The molecule has 18 heavy (non-hydrogen) atoms. The van der Waals surface area contributed by atoms with E-state index in [1.54, 1.807) is 0 Å². The lowest BCUT2D eigenvalue weighted by molar-refractivity contribution is 0.370. The fraction of sp³-hybridized carbons (Fsp3) is 0.846. The van der Waals surface area contributed by atoms with Gasteiger partial charge in [0.25, 0.3) is 0 Å². The number of nitrogens with one attached hydrogen (secondary N) is 1. The first-order chi connectivity index (χ1) is 8.58.